The molecule has 0 saturated carbocycles. The SMILES string of the molecule is CCOC(=O)N1CCN(C(=O)c2cccc(C)c2Br)CC1. The molecule has 0 aliphatic carbocycles. The summed E-state index contributed by atoms with van der Waals surface area (Å²) in [5.74, 6) is -0.00548. The first-order chi connectivity index (χ1) is 10.0. The molecule has 114 valence electrons. The van der Waals surface area contributed by atoms with Gasteiger partial charge in [0.15, 0.2) is 0 Å². The summed E-state index contributed by atoms with van der Waals surface area (Å²) >= 11 is 3.47. The zero-order valence-corrected chi connectivity index (χ0v) is 13.9. The zero-order chi connectivity index (χ0) is 15.4. The van der Waals surface area contributed by atoms with Gasteiger partial charge in [-0.1, -0.05) is 12.1 Å². The summed E-state index contributed by atoms with van der Waals surface area (Å²) < 4.78 is 5.81. The summed E-state index contributed by atoms with van der Waals surface area (Å²) in [5.41, 5.74) is 1.70. The Balaban J connectivity index is 2.00. The van der Waals surface area contributed by atoms with Gasteiger partial charge in [0.1, 0.15) is 0 Å². The molecule has 1 aromatic carbocycles. The highest BCUT2D eigenvalue weighted by molar-refractivity contribution is 9.10. The summed E-state index contributed by atoms with van der Waals surface area (Å²) in [6.07, 6.45) is -0.304. The van der Waals surface area contributed by atoms with Crippen molar-refractivity contribution in [3.8, 4) is 0 Å². The second-order valence-electron chi connectivity index (χ2n) is 4.91. The molecule has 2 amide bonds. The zero-order valence-electron chi connectivity index (χ0n) is 12.3. The Morgan fingerprint density at radius 1 is 1.19 bits per heavy atom. The van der Waals surface area contributed by atoms with E-state index < -0.39 is 0 Å². The van der Waals surface area contributed by atoms with Crippen LogP contribution in [0.1, 0.15) is 22.8 Å². The van der Waals surface area contributed by atoms with Crippen molar-refractivity contribution in [2.45, 2.75) is 13.8 Å². The largest absolute Gasteiger partial charge is 0.450 e. The van der Waals surface area contributed by atoms with Crippen LogP contribution in [0.3, 0.4) is 0 Å². The Bertz CT molecular complexity index is 540. The predicted octanol–water partition coefficient (Wildman–Crippen LogP) is 2.67. The van der Waals surface area contributed by atoms with Crippen molar-refractivity contribution in [1.82, 2.24) is 9.80 Å². The number of nitrogens with zero attached hydrogens (tertiary/aromatic N) is 2. The lowest BCUT2D eigenvalue weighted by Gasteiger charge is -2.34. The van der Waals surface area contributed by atoms with Crippen LogP contribution in [0.25, 0.3) is 0 Å². The fourth-order valence-electron chi connectivity index (χ4n) is 2.29. The summed E-state index contributed by atoms with van der Waals surface area (Å²) in [5, 5.41) is 0. The van der Waals surface area contributed by atoms with Gasteiger partial charge in [-0.2, -0.15) is 0 Å². The molecule has 1 aromatic rings. The van der Waals surface area contributed by atoms with Crippen LogP contribution < -0.4 is 0 Å². The van der Waals surface area contributed by atoms with E-state index in [4.69, 9.17) is 4.74 Å². The van der Waals surface area contributed by atoms with Crippen LogP contribution in [0.5, 0.6) is 0 Å². The Morgan fingerprint density at radius 3 is 2.43 bits per heavy atom. The van der Waals surface area contributed by atoms with Crippen LogP contribution in [0.15, 0.2) is 22.7 Å². The first-order valence-electron chi connectivity index (χ1n) is 7.00. The smallest absolute Gasteiger partial charge is 0.409 e. The molecular formula is C15H19BrN2O3. The minimum Gasteiger partial charge on any atom is -0.450 e. The first-order valence-corrected chi connectivity index (χ1v) is 7.80. The second kappa shape index (κ2) is 6.93. The fourth-order valence-corrected chi connectivity index (χ4v) is 2.72. The molecule has 0 aromatic heterocycles. The number of benzene rings is 1. The van der Waals surface area contributed by atoms with E-state index in [0.29, 0.717) is 38.3 Å². The van der Waals surface area contributed by atoms with Crippen molar-refractivity contribution in [2.75, 3.05) is 32.8 Å². The molecular weight excluding hydrogens is 336 g/mol. The van der Waals surface area contributed by atoms with Crippen LogP contribution in [0.2, 0.25) is 0 Å². The molecule has 0 unspecified atom stereocenters. The minimum absolute atomic E-state index is 0.00548. The van der Waals surface area contributed by atoms with Crippen LogP contribution >= 0.6 is 15.9 Å². The summed E-state index contributed by atoms with van der Waals surface area (Å²) in [6.45, 7) is 6.18. The van der Waals surface area contributed by atoms with E-state index in [1.54, 1.807) is 16.7 Å². The van der Waals surface area contributed by atoms with Crippen LogP contribution in [0.4, 0.5) is 4.79 Å². The van der Waals surface area contributed by atoms with Crippen LogP contribution in [-0.2, 0) is 4.74 Å². The molecule has 1 fully saturated rings. The highest BCUT2D eigenvalue weighted by Crippen LogP contribution is 2.23. The van der Waals surface area contributed by atoms with E-state index >= 15 is 0 Å². The van der Waals surface area contributed by atoms with E-state index in [2.05, 4.69) is 15.9 Å². The number of halogens is 1. The van der Waals surface area contributed by atoms with Crippen molar-refractivity contribution in [2.24, 2.45) is 0 Å². The molecule has 0 radical (unpaired) electrons. The highest BCUT2D eigenvalue weighted by Gasteiger charge is 2.26. The number of hydrogen-bond acceptors (Lipinski definition) is 3. The molecule has 0 bridgehead atoms. The van der Waals surface area contributed by atoms with E-state index in [9.17, 15) is 9.59 Å². The van der Waals surface area contributed by atoms with Gasteiger partial charge in [-0.15, -0.1) is 0 Å². The number of hydrogen-bond donors (Lipinski definition) is 0. The number of amides is 2. The topological polar surface area (TPSA) is 49.9 Å². The number of rotatable bonds is 2. The number of carbonyl (C=O) groups excluding carboxylic acids is 2. The number of carbonyl (C=O) groups is 2. The van der Waals surface area contributed by atoms with E-state index in [0.717, 1.165) is 10.0 Å². The lowest BCUT2D eigenvalue weighted by molar-refractivity contribution is 0.0569. The number of ether oxygens (including phenoxy) is 1. The van der Waals surface area contributed by atoms with Gasteiger partial charge in [0, 0.05) is 30.7 Å². The van der Waals surface area contributed by atoms with Crippen molar-refractivity contribution < 1.29 is 14.3 Å². The van der Waals surface area contributed by atoms with Crippen molar-refractivity contribution >= 4 is 27.9 Å². The van der Waals surface area contributed by atoms with Gasteiger partial charge in [-0.3, -0.25) is 4.79 Å². The van der Waals surface area contributed by atoms with Crippen LogP contribution in [-0.4, -0.2) is 54.6 Å². The molecule has 2 rings (SSSR count). The lowest BCUT2D eigenvalue weighted by Crippen LogP contribution is -2.50. The maximum atomic E-state index is 12.5. The van der Waals surface area contributed by atoms with Gasteiger partial charge in [0.2, 0.25) is 0 Å². The van der Waals surface area contributed by atoms with Gasteiger partial charge in [0.25, 0.3) is 5.91 Å². The fraction of sp³-hybridized carbons (Fsp3) is 0.467. The average Bonchev–Trinajstić information content (AvgIpc) is 2.50. The lowest BCUT2D eigenvalue weighted by atomic mass is 10.1. The normalized spacial score (nSPS) is 15.0. The molecule has 1 aliphatic rings. The van der Waals surface area contributed by atoms with Crippen LogP contribution in [0, 0.1) is 6.92 Å². The quantitative estimate of drug-likeness (QED) is 0.820. The van der Waals surface area contributed by atoms with Crippen molar-refractivity contribution in [1.29, 1.82) is 0 Å². The first kappa shape index (κ1) is 15.8. The highest BCUT2D eigenvalue weighted by atomic mass is 79.9. The maximum Gasteiger partial charge on any atom is 0.409 e. The van der Waals surface area contributed by atoms with Gasteiger partial charge >= 0.3 is 6.09 Å². The third-order valence-electron chi connectivity index (χ3n) is 3.52. The molecule has 0 spiro atoms. The Kier molecular flexibility index (Phi) is 5.22. The second-order valence-corrected chi connectivity index (χ2v) is 5.71. The molecule has 0 N–H and O–H groups in total. The van der Waals surface area contributed by atoms with E-state index in [1.165, 1.54) is 0 Å². The van der Waals surface area contributed by atoms with Gasteiger partial charge in [-0.25, -0.2) is 4.79 Å². The average molecular weight is 355 g/mol. The number of aryl methyl sites for hydroxylation is 1. The molecule has 5 nitrogen and oxygen atoms in total. The van der Waals surface area contributed by atoms with Gasteiger partial charge in [-0.05, 0) is 41.4 Å². The summed E-state index contributed by atoms with van der Waals surface area (Å²) in [4.78, 5) is 27.6. The standard InChI is InChI=1S/C15H19BrN2O3/c1-3-21-15(20)18-9-7-17(8-10-18)14(19)12-6-4-5-11(2)13(12)16/h4-6H,3,7-10H2,1-2H3. The maximum absolute atomic E-state index is 12.5. The summed E-state index contributed by atoms with van der Waals surface area (Å²) in [6, 6.07) is 5.65. The Morgan fingerprint density at radius 2 is 1.81 bits per heavy atom. The third-order valence-corrected chi connectivity index (χ3v) is 4.57. The van der Waals surface area contributed by atoms with E-state index in [1.807, 2.05) is 25.1 Å². The molecule has 1 saturated heterocycles. The number of piperazine rings is 1. The Labute approximate surface area is 133 Å². The molecule has 21 heavy (non-hydrogen) atoms. The van der Waals surface area contributed by atoms with Gasteiger partial charge in [0.05, 0.1) is 12.2 Å². The summed E-state index contributed by atoms with van der Waals surface area (Å²) in [7, 11) is 0. The molecule has 1 aliphatic heterocycles. The van der Waals surface area contributed by atoms with Crippen molar-refractivity contribution in [3.63, 3.8) is 0 Å². The van der Waals surface area contributed by atoms with Crippen molar-refractivity contribution in [3.05, 3.63) is 33.8 Å². The molecule has 6 heteroatoms. The predicted molar refractivity (Wildman–Crippen MR) is 83.4 cm³/mol. The minimum atomic E-state index is -0.304. The monoisotopic (exact) mass is 354 g/mol. The molecule has 0 atom stereocenters. The Hall–Kier alpha value is -1.56. The third kappa shape index (κ3) is 3.56. The van der Waals surface area contributed by atoms with Gasteiger partial charge < -0.3 is 14.5 Å². The molecule has 1 heterocycles. The van der Waals surface area contributed by atoms with E-state index in [-0.39, 0.29) is 12.0 Å².